The Hall–Kier alpha value is -1.83. The van der Waals surface area contributed by atoms with Crippen molar-refractivity contribution in [3.8, 4) is 0 Å². The summed E-state index contributed by atoms with van der Waals surface area (Å²) < 4.78 is 5.58. The SMILES string of the molecule is CN(CC(=O)N[C@@H]1CCC[C@@H]1C(=O)O)C(=O)c1ccc(Br)o1. The van der Waals surface area contributed by atoms with Gasteiger partial charge in [0.25, 0.3) is 5.91 Å². The number of carbonyl (C=O) groups is 3. The lowest BCUT2D eigenvalue weighted by Crippen LogP contribution is -2.45. The molecular weight excluding hydrogens is 356 g/mol. The number of likely N-dealkylation sites (N-methyl/N-ethyl adjacent to an activating group) is 1. The zero-order valence-corrected chi connectivity index (χ0v) is 13.6. The van der Waals surface area contributed by atoms with E-state index in [1.165, 1.54) is 18.0 Å². The van der Waals surface area contributed by atoms with E-state index in [1.807, 2.05) is 0 Å². The molecule has 1 aliphatic rings. The monoisotopic (exact) mass is 372 g/mol. The Morgan fingerprint density at radius 1 is 1.41 bits per heavy atom. The Balaban J connectivity index is 1.88. The first-order valence-corrected chi connectivity index (χ1v) is 7.70. The highest BCUT2D eigenvalue weighted by atomic mass is 79.9. The van der Waals surface area contributed by atoms with Crippen LogP contribution in [0.2, 0.25) is 0 Å². The molecule has 7 nitrogen and oxygen atoms in total. The van der Waals surface area contributed by atoms with Crippen LogP contribution in [0, 0.1) is 5.92 Å². The number of nitrogens with zero attached hydrogens (tertiary/aromatic N) is 1. The molecule has 22 heavy (non-hydrogen) atoms. The molecule has 1 heterocycles. The summed E-state index contributed by atoms with van der Waals surface area (Å²) >= 11 is 3.11. The number of carboxylic acid groups (broad SMARTS) is 1. The van der Waals surface area contributed by atoms with Crippen molar-refractivity contribution in [3.63, 3.8) is 0 Å². The van der Waals surface area contributed by atoms with Gasteiger partial charge in [-0.05, 0) is 40.9 Å². The van der Waals surface area contributed by atoms with E-state index in [-0.39, 0.29) is 24.3 Å². The molecule has 0 saturated heterocycles. The van der Waals surface area contributed by atoms with E-state index in [9.17, 15) is 14.4 Å². The van der Waals surface area contributed by atoms with Crippen LogP contribution in [-0.4, -0.2) is 47.4 Å². The third kappa shape index (κ3) is 3.88. The van der Waals surface area contributed by atoms with Crippen molar-refractivity contribution < 1.29 is 23.9 Å². The van der Waals surface area contributed by atoms with Gasteiger partial charge in [-0.15, -0.1) is 0 Å². The number of nitrogens with one attached hydrogen (secondary N) is 1. The number of amides is 2. The highest BCUT2D eigenvalue weighted by molar-refractivity contribution is 9.10. The molecule has 0 radical (unpaired) electrons. The normalized spacial score (nSPS) is 20.6. The third-order valence-corrected chi connectivity index (χ3v) is 4.12. The minimum Gasteiger partial charge on any atom is -0.481 e. The molecule has 2 atom stereocenters. The second kappa shape index (κ2) is 6.95. The fourth-order valence-electron chi connectivity index (χ4n) is 2.59. The smallest absolute Gasteiger partial charge is 0.308 e. The lowest BCUT2D eigenvalue weighted by molar-refractivity contribution is -0.142. The Bertz CT molecular complexity index is 586. The highest BCUT2D eigenvalue weighted by Gasteiger charge is 2.34. The zero-order valence-electron chi connectivity index (χ0n) is 12.0. The van der Waals surface area contributed by atoms with Gasteiger partial charge in [0.15, 0.2) is 10.4 Å². The first kappa shape index (κ1) is 16.5. The standard InChI is InChI=1S/C14H17BrN2O5/c1-17(13(19)10-5-6-11(15)22-10)7-12(18)16-9-4-2-3-8(9)14(20)21/h5-6,8-9H,2-4,7H2,1H3,(H,16,18)(H,20,21)/t8-,9+/m0/s1. The van der Waals surface area contributed by atoms with Gasteiger partial charge in [0.1, 0.15) is 0 Å². The van der Waals surface area contributed by atoms with Crippen LogP contribution in [0.25, 0.3) is 0 Å². The highest BCUT2D eigenvalue weighted by Crippen LogP contribution is 2.25. The van der Waals surface area contributed by atoms with Crippen molar-refractivity contribution in [2.24, 2.45) is 5.92 Å². The molecule has 2 amide bonds. The fraction of sp³-hybridized carbons (Fsp3) is 0.500. The van der Waals surface area contributed by atoms with Gasteiger partial charge in [0.2, 0.25) is 5.91 Å². The average molecular weight is 373 g/mol. The number of aliphatic carboxylic acids is 1. The van der Waals surface area contributed by atoms with Crippen molar-refractivity contribution >= 4 is 33.7 Å². The maximum Gasteiger partial charge on any atom is 0.308 e. The lowest BCUT2D eigenvalue weighted by Gasteiger charge is -2.20. The van der Waals surface area contributed by atoms with Gasteiger partial charge < -0.3 is 19.7 Å². The van der Waals surface area contributed by atoms with Crippen molar-refractivity contribution in [3.05, 3.63) is 22.6 Å². The van der Waals surface area contributed by atoms with Gasteiger partial charge in [-0.3, -0.25) is 14.4 Å². The minimum absolute atomic E-state index is 0.131. The molecule has 0 unspecified atom stereocenters. The molecular formula is C14H17BrN2O5. The summed E-state index contributed by atoms with van der Waals surface area (Å²) in [6.07, 6.45) is 1.98. The molecule has 8 heteroatoms. The summed E-state index contributed by atoms with van der Waals surface area (Å²) in [6.45, 7) is -0.153. The number of rotatable bonds is 5. The fourth-order valence-corrected chi connectivity index (χ4v) is 2.89. The molecule has 1 saturated carbocycles. The van der Waals surface area contributed by atoms with E-state index in [4.69, 9.17) is 9.52 Å². The summed E-state index contributed by atoms with van der Waals surface area (Å²) in [6, 6.07) is 2.74. The number of hydrogen-bond donors (Lipinski definition) is 2. The van der Waals surface area contributed by atoms with Crippen LogP contribution in [0.1, 0.15) is 29.8 Å². The average Bonchev–Trinajstić information content (AvgIpc) is 3.06. The molecule has 2 rings (SSSR count). The molecule has 1 fully saturated rings. The second-order valence-electron chi connectivity index (χ2n) is 5.31. The molecule has 120 valence electrons. The van der Waals surface area contributed by atoms with E-state index < -0.39 is 17.8 Å². The van der Waals surface area contributed by atoms with Crippen LogP contribution in [0.5, 0.6) is 0 Å². The molecule has 2 N–H and O–H groups in total. The first-order chi connectivity index (χ1) is 10.4. The van der Waals surface area contributed by atoms with E-state index in [0.29, 0.717) is 17.5 Å². The maximum atomic E-state index is 12.0. The Morgan fingerprint density at radius 3 is 2.73 bits per heavy atom. The molecule has 0 aliphatic heterocycles. The van der Waals surface area contributed by atoms with E-state index in [0.717, 1.165) is 6.42 Å². The number of carboxylic acids is 1. The largest absolute Gasteiger partial charge is 0.481 e. The van der Waals surface area contributed by atoms with Gasteiger partial charge in [0.05, 0.1) is 12.5 Å². The van der Waals surface area contributed by atoms with E-state index >= 15 is 0 Å². The van der Waals surface area contributed by atoms with Crippen molar-refractivity contribution in [1.29, 1.82) is 0 Å². The van der Waals surface area contributed by atoms with Crippen LogP contribution in [0.3, 0.4) is 0 Å². The van der Waals surface area contributed by atoms with Crippen molar-refractivity contribution in [2.75, 3.05) is 13.6 Å². The third-order valence-electron chi connectivity index (χ3n) is 3.69. The first-order valence-electron chi connectivity index (χ1n) is 6.91. The molecule has 1 aliphatic carbocycles. The molecule has 0 spiro atoms. The number of halogens is 1. The van der Waals surface area contributed by atoms with Crippen molar-refractivity contribution in [2.45, 2.75) is 25.3 Å². The van der Waals surface area contributed by atoms with Crippen LogP contribution in [0.4, 0.5) is 0 Å². The number of hydrogen-bond acceptors (Lipinski definition) is 4. The summed E-state index contributed by atoms with van der Waals surface area (Å²) in [5, 5.41) is 11.8. The molecule has 0 bridgehead atoms. The zero-order chi connectivity index (χ0) is 16.3. The van der Waals surface area contributed by atoms with Gasteiger partial charge in [-0.25, -0.2) is 0 Å². The van der Waals surface area contributed by atoms with Crippen molar-refractivity contribution in [1.82, 2.24) is 10.2 Å². The van der Waals surface area contributed by atoms with Crippen LogP contribution in [-0.2, 0) is 9.59 Å². The Kier molecular flexibility index (Phi) is 5.23. The quantitative estimate of drug-likeness (QED) is 0.815. The van der Waals surface area contributed by atoms with Crippen LogP contribution >= 0.6 is 15.9 Å². The van der Waals surface area contributed by atoms with Crippen LogP contribution < -0.4 is 5.32 Å². The topological polar surface area (TPSA) is 99.9 Å². The van der Waals surface area contributed by atoms with Gasteiger partial charge in [-0.2, -0.15) is 0 Å². The Morgan fingerprint density at radius 2 is 2.14 bits per heavy atom. The molecule has 0 aromatic carbocycles. The Labute approximate surface area is 135 Å². The lowest BCUT2D eigenvalue weighted by atomic mass is 10.0. The predicted molar refractivity (Wildman–Crippen MR) is 80.3 cm³/mol. The number of carbonyl (C=O) groups excluding carboxylic acids is 2. The second-order valence-corrected chi connectivity index (χ2v) is 6.10. The summed E-state index contributed by atoms with van der Waals surface area (Å²) in [5.74, 6) is -2.10. The minimum atomic E-state index is -0.896. The van der Waals surface area contributed by atoms with E-state index in [1.54, 1.807) is 6.07 Å². The molecule has 1 aromatic rings. The van der Waals surface area contributed by atoms with Crippen LogP contribution in [0.15, 0.2) is 21.2 Å². The summed E-state index contributed by atoms with van der Waals surface area (Å²) in [7, 11) is 1.49. The van der Waals surface area contributed by atoms with E-state index in [2.05, 4.69) is 21.2 Å². The maximum absolute atomic E-state index is 12.0. The summed E-state index contributed by atoms with van der Waals surface area (Å²) in [4.78, 5) is 36.3. The van der Waals surface area contributed by atoms with Gasteiger partial charge in [0, 0.05) is 13.1 Å². The predicted octanol–water partition coefficient (Wildman–Crippen LogP) is 1.48. The number of furan rings is 1. The molecule has 1 aromatic heterocycles. The van der Waals surface area contributed by atoms with Gasteiger partial charge >= 0.3 is 5.97 Å². The van der Waals surface area contributed by atoms with Gasteiger partial charge in [-0.1, -0.05) is 6.42 Å². The summed E-state index contributed by atoms with van der Waals surface area (Å²) in [5.41, 5.74) is 0.